The molecule has 0 aliphatic heterocycles. The second kappa shape index (κ2) is 6.79. The number of benzene rings is 1. The third-order valence-electron chi connectivity index (χ3n) is 2.44. The Morgan fingerprint density at radius 2 is 2.12 bits per heavy atom. The van der Waals surface area contributed by atoms with Crippen LogP contribution in [0.1, 0.15) is 38.2 Å². The minimum atomic E-state index is -0.224. The Labute approximate surface area is 104 Å². The Morgan fingerprint density at radius 3 is 2.81 bits per heavy atom. The number of hydrogen-bond donors (Lipinski definition) is 0. The van der Waals surface area contributed by atoms with Gasteiger partial charge in [0.2, 0.25) is 0 Å². The zero-order valence-corrected chi connectivity index (χ0v) is 11.0. The number of carbonyl (C=O) groups excluding carboxylic acids is 1. The fraction of sp³-hybridized carbons (Fsp3) is 0.462. The smallest absolute Gasteiger partial charge is 0.132 e. The van der Waals surface area contributed by atoms with E-state index in [-0.39, 0.29) is 5.82 Å². The predicted molar refractivity (Wildman–Crippen MR) is 67.0 cm³/mol. The molecule has 0 unspecified atom stereocenters. The fourth-order valence-corrected chi connectivity index (χ4v) is 2.06. The number of Topliss-reactive ketones (excluding diaryl/α,β-unsaturated/α-hetero) is 1. The average molecular weight is 287 g/mol. The van der Waals surface area contributed by atoms with Crippen LogP contribution < -0.4 is 0 Å². The third kappa shape index (κ3) is 4.44. The van der Waals surface area contributed by atoms with Crippen LogP contribution in [0, 0.1) is 5.82 Å². The normalized spacial score (nSPS) is 10.4. The highest BCUT2D eigenvalue weighted by atomic mass is 79.9. The van der Waals surface area contributed by atoms with Gasteiger partial charge in [0.1, 0.15) is 11.6 Å². The van der Waals surface area contributed by atoms with E-state index >= 15 is 0 Å². The number of rotatable bonds is 6. The maximum absolute atomic E-state index is 13.0. The van der Waals surface area contributed by atoms with Crippen molar-refractivity contribution in [3.05, 3.63) is 34.1 Å². The molecule has 1 nitrogen and oxygen atoms in total. The Morgan fingerprint density at radius 1 is 1.38 bits per heavy atom. The van der Waals surface area contributed by atoms with Crippen LogP contribution in [0.15, 0.2) is 22.7 Å². The van der Waals surface area contributed by atoms with E-state index in [2.05, 4.69) is 15.9 Å². The van der Waals surface area contributed by atoms with Gasteiger partial charge in [-0.05, 0) is 43.0 Å². The molecule has 0 atom stereocenters. The monoisotopic (exact) mass is 286 g/mol. The van der Waals surface area contributed by atoms with Crippen LogP contribution in [0.25, 0.3) is 0 Å². The molecule has 0 fully saturated rings. The molecule has 0 heterocycles. The van der Waals surface area contributed by atoms with Crippen molar-refractivity contribution in [1.82, 2.24) is 0 Å². The summed E-state index contributed by atoms with van der Waals surface area (Å²) in [5, 5.41) is 0. The molecule has 0 bridgehead atoms. The number of hydrogen-bond acceptors (Lipinski definition) is 1. The molecule has 0 N–H and O–H groups in total. The molecule has 0 saturated carbocycles. The van der Waals surface area contributed by atoms with Gasteiger partial charge in [0.25, 0.3) is 0 Å². The van der Waals surface area contributed by atoms with Crippen molar-refractivity contribution in [2.24, 2.45) is 0 Å². The molecule has 0 saturated heterocycles. The van der Waals surface area contributed by atoms with Crippen molar-refractivity contribution in [2.45, 2.75) is 39.0 Å². The molecular formula is C13H16BrFO. The van der Waals surface area contributed by atoms with Crippen LogP contribution in [-0.4, -0.2) is 5.78 Å². The molecule has 0 aliphatic carbocycles. The lowest BCUT2D eigenvalue weighted by atomic mass is 10.0. The maximum Gasteiger partial charge on any atom is 0.132 e. The average Bonchev–Trinajstić information content (AvgIpc) is 2.23. The van der Waals surface area contributed by atoms with Gasteiger partial charge in [-0.15, -0.1) is 0 Å². The van der Waals surface area contributed by atoms with Gasteiger partial charge in [-0.1, -0.05) is 22.9 Å². The van der Waals surface area contributed by atoms with E-state index in [0.717, 1.165) is 29.3 Å². The summed E-state index contributed by atoms with van der Waals surface area (Å²) in [5.74, 6) is 0.0770. The van der Waals surface area contributed by atoms with Crippen LogP contribution in [0.3, 0.4) is 0 Å². The lowest BCUT2D eigenvalue weighted by molar-refractivity contribution is -0.119. The SMILES string of the molecule is CCCC(=O)CCCc1cc(F)ccc1Br. The zero-order valence-electron chi connectivity index (χ0n) is 9.43. The zero-order chi connectivity index (χ0) is 12.0. The van der Waals surface area contributed by atoms with Crippen molar-refractivity contribution in [1.29, 1.82) is 0 Å². The fourth-order valence-electron chi connectivity index (χ4n) is 1.61. The second-order valence-corrected chi connectivity index (χ2v) is 4.73. The summed E-state index contributed by atoms with van der Waals surface area (Å²) in [6, 6.07) is 4.66. The van der Waals surface area contributed by atoms with Gasteiger partial charge in [0, 0.05) is 17.3 Å². The summed E-state index contributed by atoms with van der Waals surface area (Å²) in [6.07, 6.45) is 3.69. The van der Waals surface area contributed by atoms with Crippen LogP contribution >= 0.6 is 15.9 Å². The lowest BCUT2D eigenvalue weighted by Gasteiger charge is -2.04. The van der Waals surface area contributed by atoms with Crippen LogP contribution in [0.4, 0.5) is 4.39 Å². The molecular weight excluding hydrogens is 271 g/mol. The van der Waals surface area contributed by atoms with Crippen molar-refractivity contribution in [3.63, 3.8) is 0 Å². The molecule has 1 aromatic rings. The highest BCUT2D eigenvalue weighted by molar-refractivity contribution is 9.10. The minimum Gasteiger partial charge on any atom is -0.300 e. The molecule has 0 amide bonds. The largest absolute Gasteiger partial charge is 0.300 e. The summed E-state index contributed by atoms with van der Waals surface area (Å²) in [5.41, 5.74) is 0.935. The van der Waals surface area contributed by atoms with Crippen molar-refractivity contribution < 1.29 is 9.18 Å². The molecule has 0 radical (unpaired) electrons. The first-order valence-electron chi connectivity index (χ1n) is 5.59. The van der Waals surface area contributed by atoms with Crippen molar-refractivity contribution >= 4 is 21.7 Å². The first-order chi connectivity index (χ1) is 7.63. The molecule has 3 heteroatoms. The summed E-state index contributed by atoms with van der Waals surface area (Å²) in [7, 11) is 0. The van der Waals surface area contributed by atoms with Crippen LogP contribution in [0.5, 0.6) is 0 Å². The van der Waals surface area contributed by atoms with E-state index in [1.807, 2.05) is 6.92 Å². The number of ketones is 1. The predicted octanol–water partition coefficient (Wildman–Crippen LogP) is 4.28. The summed E-state index contributed by atoms with van der Waals surface area (Å²) in [4.78, 5) is 11.3. The molecule has 1 rings (SSSR count). The third-order valence-corrected chi connectivity index (χ3v) is 3.21. The molecule has 0 spiro atoms. The van der Waals surface area contributed by atoms with E-state index < -0.39 is 0 Å². The van der Waals surface area contributed by atoms with Gasteiger partial charge in [-0.2, -0.15) is 0 Å². The molecule has 16 heavy (non-hydrogen) atoms. The number of aryl methyl sites for hydroxylation is 1. The standard InChI is InChI=1S/C13H16BrFO/c1-2-4-12(16)6-3-5-10-9-11(15)7-8-13(10)14/h7-9H,2-6H2,1H3. The Kier molecular flexibility index (Phi) is 5.67. The first-order valence-corrected chi connectivity index (χ1v) is 6.38. The van der Waals surface area contributed by atoms with E-state index in [9.17, 15) is 9.18 Å². The molecule has 88 valence electrons. The number of carbonyl (C=O) groups is 1. The topological polar surface area (TPSA) is 17.1 Å². The van der Waals surface area contributed by atoms with Crippen LogP contribution in [-0.2, 0) is 11.2 Å². The van der Waals surface area contributed by atoms with Gasteiger partial charge in [0.05, 0.1) is 0 Å². The Hall–Kier alpha value is -0.700. The van der Waals surface area contributed by atoms with Gasteiger partial charge in [-0.25, -0.2) is 4.39 Å². The maximum atomic E-state index is 13.0. The lowest BCUT2D eigenvalue weighted by Crippen LogP contribution is -1.98. The quantitative estimate of drug-likeness (QED) is 0.763. The molecule has 0 aromatic heterocycles. The highest BCUT2D eigenvalue weighted by Gasteiger charge is 2.04. The van der Waals surface area contributed by atoms with Gasteiger partial charge < -0.3 is 0 Å². The van der Waals surface area contributed by atoms with Crippen molar-refractivity contribution in [3.8, 4) is 0 Å². The van der Waals surface area contributed by atoms with E-state index in [4.69, 9.17) is 0 Å². The first kappa shape index (κ1) is 13.4. The molecule has 0 aliphatic rings. The highest BCUT2D eigenvalue weighted by Crippen LogP contribution is 2.20. The summed E-state index contributed by atoms with van der Waals surface area (Å²) in [6.45, 7) is 2.00. The Balaban J connectivity index is 2.42. The summed E-state index contributed by atoms with van der Waals surface area (Å²) >= 11 is 3.38. The second-order valence-electron chi connectivity index (χ2n) is 3.88. The molecule has 1 aromatic carbocycles. The van der Waals surface area contributed by atoms with Gasteiger partial charge >= 0.3 is 0 Å². The van der Waals surface area contributed by atoms with Crippen molar-refractivity contribution in [2.75, 3.05) is 0 Å². The van der Waals surface area contributed by atoms with Gasteiger partial charge in [-0.3, -0.25) is 4.79 Å². The Bertz CT molecular complexity index is 363. The number of halogens is 2. The van der Waals surface area contributed by atoms with Gasteiger partial charge in [0.15, 0.2) is 0 Å². The van der Waals surface area contributed by atoms with E-state index in [1.165, 1.54) is 12.1 Å². The van der Waals surface area contributed by atoms with Crippen LogP contribution in [0.2, 0.25) is 0 Å². The summed E-state index contributed by atoms with van der Waals surface area (Å²) < 4.78 is 13.9. The van der Waals surface area contributed by atoms with E-state index in [0.29, 0.717) is 18.6 Å². The minimum absolute atomic E-state index is 0.224. The van der Waals surface area contributed by atoms with E-state index in [1.54, 1.807) is 6.07 Å².